The van der Waals surface area contributed by atoms with Crippen LogP contribution in [0, 0.1) is 5.92 Å². The summed E-state index contributed by atoms with van der Waals surface area (Å²) in [5.74, 6) is 1.60. The molecule has 0 atom stereocenters. The van der Waals surface area contributed by atoms with Crippen molar-refractivity contribution in [1.29, 1.82) is 0 Å². The van der Waals surface area contributed by atoms with E-state index in [9.17, 15) is 0 Å². The topological polar surface area (TPSA) is 35.2 Å². The summed E-state index contributed by atoms with van der Waals surface area (Å²) in [6.07, 6.45) is 2.57. The summed E-state index contributed by atoms with van der Waals surface area (Å²) < 4.78 is 5.80. The fourth-order valence-electron chi connectivity index (χ4n) is 1.62. The van der Waals surface area contributed by atoms with Gasteiger partial charge in [-0.3, -0.25) is 0 Å². The Morgan fingerprint density at radius 3 is 2.69 bits per heavy atom. The molecule has 0 heterocycles. The van der Waals surface area contributed by atoms with E-state index in [4.69, 9.17) is 22.1 Å². The van der Waals surface area contributed by atoms with Crippen LogP contribution in [-0.2, 0) is 5.54 Å². The zero-order valence-corrected chi connectivity index (χ0v) is 10.6. The molecule has 0 aromatic heterocycles. The summed E-state index contributed by atoms with van der Waals surface area (Å²) in [4.78, 5) is 0. The highest BCUT2D eigenvalue weighted by Gasteiger charge is 2.24. The highest BCUT2D eigenvalue weighted by atomic mass is 35.5. The Bertz CT molecular complexity index is 380. The van der Waals surface area contributed by atoms with Crippen molar-refractivity contribution in [3.05, 3.63) is 28.8 Å². The zero-order chi connectivity index (χ0) is 11.8. The van der Waals surface area contributed by atoms with Gasteiger partial charge in [0.05, 0.1) is 6.61 Å². The molecule has 2 rings (SSSR count). The van der Waals surface area contributed by atoms with E-state index >= 15 is 0 Å². The second kappa shape index (κ2) is 4.27. The van der Waals surface area contributed by atoms with E-state index in [1.165, 1.54) is 12.8 Å². The van der Waals surface area contributed by atoms with Crippen molar-refractivity contribution in [2.75, 3.05) is 6.61 Å². The Morgan fingerprint density at radius 1 is 1.44 bits per heavy atom. The number of ether oxygens (including phenoxy) is 1. The lowest BCUT2D eigenvalue weighted by atomic mass is 9.95. The number of hydrogen-bond acceptors (Lipinski definition) is 2. The molecule has 1 fully saturated rings. The van der Waals surface area contributed by atoms with Gasteiger partial charge in [-0.1, -0.05) is 11.6 Å². The lowest BCUT2D eigenvalue weighted by Gasteiger charge is -2.23. The number of nitrogens with two attached hydrogens (primary N) is 1. The maximum absolute atomic E-state index is 6.11. The van der Waals surface area contributed by atoms with Crippen LogP contribution in [-0.4, -0.2) is 6.61 Å². The van der Waals surface area contributed by atoms with Gasteiger partial charge in [0.25, 0.3) is 0 Å². The van der Waals surface area contributed by atoms with Gasteiger partial charge in [-0.2, -0.15) is 0 Å². The summed E-state index contributed by atoms with van der Waals surface area (Å²) in [5.41, 5.74) is 6.66. The molecule has 16 heavy (non-hydrogen) atoms. The molecule has 1 aliphatic carbocycles. The van der Waals surface area contributed by atoms with E-state index in [0.29, 0.717) is 5.02 Å². The van der Waals surface area contributed by atoms with Crippen LogP contribution in [0.2, 0.25) is 5.02 Å². The predicted molar refractivity (Wildman–Crippen MR) is 66.9 cm³/mol. The van der Waals surface area contributed by atoms with Crippen molar-refractivity contribution in [3.63, 3.8) is 0 Å². The minimum absolute atomic E-state index is 0.427. The lowest BCUT2D eigenvalue weighted by molar-refractivity contribution is 0.291. The molecule has 0 unspecified atom stereocenters. The quantitative estimate of drug-likeness (QED) is 0.875. The molecule has 0 bridgehead atoms. The second-order valence-electron chi connectivity index (χ2n) is 5.12. The van der Waals surface area contributed by atoms with Crippen molar-refractivity contribution >= 4 is 11.6 Å². The molecule has 1 aromatic carbocycles. The van der Waals surface area contributed by atoms with Crippen molar-refractivity contribution in [2.24, 2.45) is 11.7 Å². The number of hydrogen-bond donors (Lipinski definition) is 1. The zero-order valence-electron chi connectivity index (χ0n) is 9.79. The average Bonchev–Trinajstić information content (AvgIpc) is 2.98. The predicted octanol–water partition coefficient (Wildman–Crippen LogP) is 3.32. The van der Waals surface area contributed by atoms with Gasteiger partial charge in [0.15, 0.2) is 0 Å². The highest BCUT2D eigenvalue weighted by molar-refractivity contribution is 6.30. The van der Waals surface area contributed by atoms with Gasteiger partial charge in [0.2, 0.25) is 0 Å². The van der Waals surface area contributed by atoms with Crippen molar-refractivity contribution < 1.29 is 4.74 Å². The third-order valence-electron chi connectivity index (χ3n) is 2.81. The Kier molecular flexibility index (Phi) is 3.13. The average molecular weight is 240 g/mol. The number of halogens is 1. The summed E-state index contributed by atoms with van der Waals surface area (Å²) in [6.45, 7) is 4.72. The normalized spacial score (nSPS) is 16.2. The summed E-state index contributed by atoms with van der Waals surface area (Å²) >= 11 is 5.99. The molecule has 2 N–H and O–H groups in total. The Labute approximate surface area is 102 Å². The van der Waals surface area contributed by atoms with E-state index < -0.39 is 5.54 Å². The van der Waals surface area contributed by atoms with Crippen molar-refractivity contribution in [2.45, 2.75) is 32.2 Å². The Balaban J connectivity index is 2.20. The Hall–Kier alpha value is -0.730. The van der Waals surface area contributed by atoms with Crippen LogP contribution in [0.25, 0.3) is 0 Å². The molecule has 1 saturated carbocycles. The molecule has 0 radical (unpaired) electrons. The van der Waals surface area contributed by atoms with Crippen LogP contribution >= 0.6 is 11.6 Å². The van der Waals surface area contributed by atoms with E-state index in [1.807, 2.05) is 32.0 Å². The molecule has 2 nitrogen and oxygen atoms in total. The standard InChI is InChI=1S/C13H18ClNO/c1-13(2,15)11-7-10(14)5-6-12(11)16-8-9-3-4-9/h5-7,9H,3-4,8,15H2,1-2H3. The first-order chi connectivity index (χ1) is 7.47. The molecule has 0 spiro atoms. The maximum atomic E-state index is 6.11. The van der Waals surface area contributed by atoms with Crippen LogP contribution in [0.5, 0.6) is 5.75 Å². The van der Waals surface area contributed by atoms with Crippen LogP contribution in [0.1, 0.15) is 32.3 Å². The minimum atomic E-state index is -0.427. The minimum Gasteiger partial charge on any atom is -0.493 e. The summed E-state index contributed by atoms with van der Waals surface area (Å²) in [5, 5.41) is 0.701. The molecule has 3 heteroatoms. The first kappa shape index (κ1) is 11.7. The van der Waals surface area contributed by atoms with E-state index in [-0.39, 0.29) is 0 Å². The van der Waals surface area contributed by atoms with Gasteiger partial charge in [-0.15, -0.1) is 0 Å². The molecule has 88 valence electrons. The van der Waals surface area contributed by atoms with Crippen LogP contribution in [0.4, 0.5) is 0 Å². The van der Waals surface area contributed by atoms with Crippen LogP contribution in [0.15, 0.2) is 18.2 Å². The van der Waals surface area contributed by atoms with Gasteiger partial charge in [-0.05, 0) is 50.8 Å². The van der Waals surface area contributed by atoms with E-state index in [1.54, 1.807) is 0 Å². The largest absolute Gasteiger partial charge is 0.493 e. The van der Waals surface area contributed by atoms with Gasteiger partial charge in [0.1, 0.15) is 5.75 Å². The molecule has 0 aliphatic heterocycles. The van der Waals surface area contributed by atoms with Gasteiger partial charge < -0.3 is 10.5 Å². The monoisotopic (exact) mass is 239 g/mol. The fourth-order valence-corrected chi connectivity index (χ4v) is 1.80. The first-order valence-electron chi connectivity index (χ1n) is 5.68. The fraction of sp³-hybridized carbons (Fsp3) is 0.538. The molecule has 0 amide bonds. The van der Waals surface area contributed by atoms with Gasteiger partial charge >= 0.3 is 0 Å². The van der Waals surface area contributed by atoms with Gasteiger partial charge in [-0.25, -0.2) is 0 Å². The first-order valence-corrected chi connectivity index (χ1v) is 6.06. The van der Waals surface area contributed by atoms with Crippen molar-refractivity contribution in [1.82, 2.24) is 0 Å². The maximum Gasteiger partial charge on any atom is 0.124 e. The highest BCUT2D eigenvalue weighted by Crippen LogP contribution is 2.34. The third kappa shape index (κ3) is 2.89. The summed E-state index contributed by atoms with van der Waals surface area (Å²) in [6, 6.07) is 5.65. The van der Waals surface area contributed by atoms with Crippen LogP contribution in [0.3, 0.4) is 0 Å². The molecular formula is C13H18ClNO. The molecular weight excluding hydrogens is 222 g/mol. The summed E-state index contributed by atoms with van der Waals surface area (Å²) in [7, 11) is 0. The SMILES string of the molecule is CC(C)(N)c1cc(Cl)ccc1OCC1CC1. The molecule has 1 aliphatic rings. The van der Waals surface area contributed by atoms with E-state index in [0.717, 1.165) is 23.8 Å². The molecule has 0 saturated heterocycles. The lowest BCUT2D eigenvalue weighted by Crippen LogP contribution is -2.29. The molecule has 1 aromatic rings. The second-order valence-corrected chi connectivity index (χ2v) is 5.55. The third-order valence-corrected chi connectivity index (χ3v) is 3.04. The smallest absolute Gasteiger partial charge is 0.124 e. The number of benzene rings is 1. The number of rotatable bonds is 4. The van der Waals surface area contributed by atoms with Gasteiger partial charge in [0, 0.05) is 16.1 Å². The van der Waals surface area contributed by atoms with Crippen molar-refractivity contribution in [3.8, 4) is 5.75 Å². The van der Waals surface area contributed by atoms with E-state index in [2.05, 4.69) is 0 Å². The van der Waals surface area contributed by atoms with Crippen LogP contribution < -0.4 is 10.5 Å². The Morgan fingerprint density at radius 2 is 2.12 bits per heavy atom.